The van der Waals surface area contributed by atoms with Gasteiger partial charge < -0.3 is 9.64 Å². The monoisotopic (exact) mass is 352 g/mol. The second-order valence-corrected chi connectivity index (χ2v) is 5.69. The lowest BCUT2D eigenvalue weighted by atomic mass is 10.3. The number of benzene rings is 2. The Morgan fingerprint density at radius 2 is 1.87 bits per heavy atom. The van der Waals surface area contributed by atoms with Crippen molar-refractivity contribution in [2.75, 3.05) is 16.8 Å². The minimum Gasteiger partial charge on any atom is -0.425 e. The van der Waals surface area contributed by atoms with Gasteiger partial charge in [0.2, 0.25) is 0 Å². The fourth-order valence-electron chi connectivity index (χ4n) is 2.21. The summed E-state index contributed by atoms with van der Waals surface area (Å²) in [5.74, 6) is 0. The molecule has 1 unspecified atom stereocenters. The summed E-state index contributed by atoms with van der Waals surface area (Å²) in [7, 11) is 0. The molecule has 6 heteroatoms. The van der Waals surface area contributed by atoms with Crippen molar-refractivity contribution in [1.29, 1.82) is 0 Å². The Morgan fingerprint density at radius 3 is 2.48 bits per heavy atom. The Kier molecular flexibility index (Phi) is 6.13. The number of hydrogen-bond donors (Lipinski definition) is 1. The maximum absolute atomic E-state index is 12.0. The first-order chi connectivity index (χ1) is 11.0. The third-order valence-electron chi connectivity index (χ3n) is 3.31. The summed E-state index contributed by atoms with van der Waals surface area (Å²) in [5, 5.41) is 3.44. The van der Waals surface area contributed by atoms with Gasteiger partial charge in [0.05, 0.1) is 10.0 Å². The molecule has 4 nitrogen and oxygen atoms in total. The summed E-state index contributed by atoms with van der Waals surface area (Å²) in [5.41, 5.74) is 1.52. The van der Waals surface area contributed by atoms with Crippen LogP contribution in [0.1, 0.15) is 13.8 Å². The summed E-state index contributed by atoms with van der Waals surface area (Å²) < 4.78 is 5.43. The first kappa shape index (κ1) is 17.4. The zero-order valence-electron chi connectivity index (χ0n) is 12.9. The van der Waals surface area contributed by atoms with Crippen LogP contribution in [-0.2, 0) is 4.74 Å². The van der Waals surface area contributed by atoms with Gasteiger partial charge in [-0.15, -0.1) is 0 Å². The van der Waals surface area contributed by atoms with E-state index in [4.69, 9.17) is 27.9 Å². The molecule has 1 N–H and O–H groups in total. The summed E-state index contributed by atoms with van der Waals surface area (Å²) in [6, 6.07) is 14.6. The lowest BCUT2D eigenvalue weighted by Crippen LogP contribution is -2.37. The predicted octanol–water partition coefficient (Wildman–Crippen LogP) is 5.41. The minimum absolute atomic E-state index is 0.372. The zero-order valence-corrected chi connectivity index (χ0v) is 14.4. The molecular formula is C17H18Cl2N2O2. The molecule has 0 aromatic heterocycles. The first-order valence-electron chi connectivity index (χ1n) is 7.25. The maximum atomic E-state index is 12.0. The molecule has 23 heavy (non-hydrogen) atoms. The molecule has 0 spiro atoms. The second kappa shape index (κ2) is 8.09. The quantitative estimate of drug-likeness (QED) is 0.731. The molecule has 0 bridgehead atoms. The molecule has 0 heterocycles. The van der Waals surface area contributed by atoms with Gasteiger partial charge in [0.25, 0.3) is 0 Å². The molecule has 0 aliphatic carbocycles. The van der Waals surface area contributed by atoms with Crippen LogP contribution in [0.4, 0.5) is 16.2 Å². The van der Waals surface area contributed by atoms with Crippen LogP contribution < -0.4 is 10.2 Å². The molecule has 0 aliphatic heterocycles. The molecule has 122 valence electrons. The normalized spacial score (nSPS) is 11.7. The van der Waals surface area contributed by atoms with E-state index in [-0.39, 0.29) is 0 Å². The van der Waals surface area contributed by atoms with E-state index in [2.05, 4.69) is 5.32 Å². The number of para-hydroxylation sites is 1. The van der Waals surface area contributed by atoms with Crippen molar-refractivity contribution in [3.05, 3.63) is 58.6 Å². The van der Waals surface area contributed by atoms with Crippen LogP contribution in [0, 0.1) is 0 Å². The number of ether oxygens (including phenoxy) is 1. The van der Waals surface area contributed by atoms with Gasteiger partial charge >= 0.3 is 6.09 Å². The van der Waals surface area contributed by atoms with Gasteiger partial charge in [0, 0.05) is 17.9 Å². The molecule has 0 fully saturated rings. The fraction of sp³-hybridized carbons (Fsp3) is 0.235. The highest BCUT2D eigenvalue weighted by molar-refractivity contribution is 6.42. The molecule has 2 rings (SSSR count). The summed E-state index contributed by atoms with van der Waals surface area (Å²) >= 11 is 11.8. The molecule has 2 aromatic carbocycles. The molecule has 2 aromatic rings. The topological polar surface area (TPSA) is 41.6 Å². The van der Waals surface area contributed by atoms with E-state index < -0.39 is 12.3 Å². The molecule has 0 saturated heterocycles. The summed E-state index contributed by atoms with van der Waals surface area (Å²) in [6.07, 6.45) is -0.963. The van der Waals surface area contributed by atoms with Crippen LogP contribution in [-0.4, -0.2) is 18.9 Å². The van der Waals surface area contributed by atoms with Crippen LogP contribution in [0.15, 0.2) is 48.5 Å². The smallest absolute Gasteiger partial charge is 0.413 e. The number of rotatable bonds is 5. The molecule has 1 amide bonds. The third-order valence-corrected chi connectivity index (χ3v) is 4.05. The van der Waals surface area contributed by atoms with Crippen LogP contribution in [0.2, 0.25) is 10.0 Å². The lowest BCUT2D eigenvalue weighted by molar-refractivity contribution is 0.118. The van der Waals surface area contributed by atoms with Crippen molar-refractivity contribution < 1.29 is 9.53 Å². The van der Waals surface area contributed by atoms with Gasteiger partial charge in [0.1, 0.15) is 0 Å². The van der Waals surface area contributed by atoms with E-state index in [0.717, 1.165) is 5.69 Å². The number of nitrogens with zero attached hydrogens (tertiary/aromatic N) is 1. The Bertz CT molecular complexity index is 665. The van der Waals surface area contributed by atoms with E-state index in [1.165, 1.54) is 0 Å². The highest BCUT2D eigenvalue weighted by Crippen LogP contribution is 2.25. The summed E-state index contributed by atoms with van der Waals surface area (Å²) in [4.78, 5) is 14.0. The van der Waals surface area contributed by atoms with E-state index >= 15 is 0 Å². The Morgan fingerprint density at radius 1 is 1.17 bits per heavy atom. The average Bonchev–Trinajstić information content (AvgIpc) is 2.52. The Hall–Kier alpha value is -1.91. The molecule has 1 atom stereocenters. The van der Waals surface area contributed by atoms with Crippen molar-refractivity contribution >= 4 is 40.7 Å². The third kappa shape index (κ3) is 4.78. The van der Waals surface area contributed by atoms with Crippen molar-refractivity contribution in [2.45, 2.75) is 20.1 Å². The Labute approximate surface area is 146 Å². The van der Waals surface area contributed by atoms with E-state index in [1.54, 1.807) is 18.2 Å². The largest absolute Gasteiger partial charge is 0.425 e. The maximum Gasteiger partial charge on any atom is 0.413 e. The van der Waals surface area contributed by atoms with Crippen molar-refractivity contribution in [2.24, 2.45) is 0 Å². The number of carbonyl (C=O) groups excluding carboxylic acids is 1. The van der Waals surface area contributed by atoms with Gasteiger partial charge in [-0.1, -0.05) is 41.4 Å². The number of hydrogen-bond acceptors (Lipinski definition) is 3. The van der Waals surface area contributed by atoms with Gasteiger partial charge in [0.15, 0.2) is 6.23 Å². The number of anilines is 2. The number of nitrogens with one attached hydrogen (secondary N) is 1. The average molecular weight is 353 g/mol. The fourth-order valence-corrected chi connectivity index (χ4v) is 2.51. The van der Waals surface area contributed by atoms with Crippen LogP contribution in [0.25, 0.3) is 0 Å². The number of amides is 1. The Balaban J connectivity index is 1.99. The highest BCUT2D eigenvalue weighted by Gasteiger charge is 2.17. The second-order valence-electron chi connectivity index (χ2n) is 4.88. The zero-order chi connectivity index (χ0) is 16.8. The predicted molar refractivity (Wildman–Crippen MR) is 95.5 cm³/mol. The lowest BCUT2D eigenvalue weighted by Gasteiger charge is -2.29. The van der Waals surface area contributed by atoms with Crippen LogP contribution >= 0.6 is 23.2 Å². The van der Waals surface area contributed by atoms with Gasteiger partial charge in [-0.2, -0.15) is 0 Å². The van der Waals surface area contributed by atoms with Gasteiger partial charge in [-0.3, -0.25) is 5.32 Å². The van der Waals surface area contributed by atoms with Crippen molar-refractivity contribution in [1.82, 2.24) is 0 Å². The van der Waals surface area contributed by atoms with Crippen molar-refractivity contribution in [3.8, 4) is 0 Å². The standard InChI is InChI=1S/C17H18Cl2N2O2/c1-3-21(14-7-5-4-6-8-14)12(2)23-17(22)20-13-9-10-15(18)16(19)11-13/h4-12H,3H2,1-2H3,(H,20,22). The highest BCUT2D eigenvalue weighted by atomic mass is 35.5. The van der Waals surface area contributed by atoms with E-state index in [1.807, 2.05) is 49.1 Å². The van der Waals surface area contributed by atoms with E-state index in [0.29, 0.717) is 22.3 Å². The molecule has 0 radical (unpaired) electrons. The molecule has 0 saturated carbocycles. The van der Waals surface area contributed by atoms with Crippen LogP contribution in [0.3, 0.4) is 0 Å². The van der Waals surface area contributed by atoms with E-state index in [9.17, 15) is 4.79 Å². The van der Waals surface area contributed by atoms with Crippen molar-refractivity contribution in [3.63, 3.8) is 0 Å². The van der Waals surface area contributed by atoms with Gasteiger partial charge in [-0.25, -0.2) is 4.79 Å². The van der Waals surface area contributed by atoms with Crippen LogP contribution in [0.5, 0.6) is 0 Å². The first-order valence-corrected chi connectivity index (χ1v) is 8.01. The minimum atomic E-state index is -0.551. The SMILES string of the molecule is CCN(c1ccccc1)C(C)OC(=O)Nc1ccc(Cl)c(Cl)c1. The molecular weight excluding hydrogens is 335 g/mol. The van der Waals surface area contributed by atoms with Gasteiger partial charge in [-0.05, 0) is 44.2 Å². The number of halogens is 2. The number of carbonyl (C=O) groups is 1. The summed E-state index contributed by atoms with van der Waals surface area (Å²) in [6.45, 7) is 4.54. The molecule has 0 aliphatic rings.